The van der Waals surface area contributed by atoms with Crippen molar-refractivity contribution < 1.29 is 9.18 Å². The monoisotopic (exact) mass is 206 g/mol. The highest BCUT2D eigenvalue weighted by Gasteiger charge is 1.97. The van der Waals surface area contributed by atoms with E-state index in [0.29, 0.717) is 12.8 Å². The average molecular weight is 206 g/mol. The Bertz CT molecular complexity index is 128. The molecule has 0 unspecified atom stereocenters. The highest BCUT2D eigenvalue weighted by molar-refractivity contribution is 8.13. The van der Waals surface area contributed by atoms with Gasteiger partial charge in [0.05, 0.1) is 6.67 Å². The van der Waals surface area contributed by atoms with Gasteiger partial charge in [0.2, 0.25) is 0 Å². The van der Waals surface area contributed by atoms with Crippen LogP contribution in [0.2, 0.25) is 0 Å². The van der Waals surface area contributed by atoms with Crippen LogP contribution in [0.15, 0.2) is 0 Å². The van der Waals surface area contributed by atoms with Crippen molar-refractivity contribution in [2.75, 3.05) is 12.4 Å². The Kier molecular flexibility index (Phi) is 10.00. The van der Waals surface area contributed by atoms with Crippen molar-refractivity contribution in [1.29, 1.82) is 0 Å². The van der Waals surface area contributed by atoms with Crippen LogP contribution in [0.3, 0.4) is 0 Å². The molecule has 0 aromatic carbocycles. The second kappa shape index (κ2) is 10.0. The van der Waals surface area contributed by atoms with E-state index in [4.69, 9.17) is 0 Å². The molecule has 0 bridgehead atoms. The van der Waals surface area contributed by atoms with E-state index in [1.807, 2.05) is 6.92 Å². The lowest BCUT2D eigenvalue weighted by molar-refractivity contribution is -0.110. The van der Waals surface area contributed by atoms with Gasteiger partial charge in [0.1, 0.15) is 0 Å². The average Bonchev–Trinajstić information content (AvgIpc) is 2.16. The first-order chi connectivity index (χ1) is 6.31. The minimum absolute atomic E-state index is 0.191. The summed E-state index contributed by atoms with van der Waals surface area (Å²) in [6, 6.07) is 0. The minimum atomic E-state index is -0.191. The Hall–Kier alpha value is -0.0500. The molecule has 78 valence electrons. The lowest BCUT2D eigenvalue weighted by Crippen LogP contribution is -1.90. The predicted octanol–water partition coefficient (Wildman–Crippen LogP) is 3.58. The molecule has 13 heavy (non-hydrogen) atoms. The van der Waals surface area contributed by atoms with Gasteiger partial charge < -0.3 is 0 Å². The van der Waals surface area contributed by atoms with E-state index >= 15 is 0 Å². The molecular weight excluding hydrogens is 187 g/mol. The van der Waals surface area contributed by atoms with Crippen molar-refractivity contribution in [2.45, 2.75) is 45.4 Å². The number of hydrogen-bond donors (Lipinski definition) is 0. The van der Waals surface area contributed by atoms with Crippen LogP contribution in [0, 0.1) is 0 Å². The zero-order chi connectivity index (χ0) is 9.94. The summed E-state index contributed by atoms with van der Waals surface area (Å²) in [5.74, 6) is 0.933. The first-order valence-corrected chi connectivity index (χ1v) is 6.01. The lowest BCUT2D eigenvalue weighted by atomic mass is 10.2. The number of carbonyl (C=O) groups excluding carboxylic acids is 1. The van der Waals surface area contributed by atoms with Crippen LogP contribution >= 0.6 is 11.8 Å². The number of unbranched alkanes of at least 4 members (excludes halogenated alkanes) is 4. The third kappa shape index (κ3) is 9.87. The topological polar surface area (TPSA) is 17.1 Å². The van der Waals surface area contributed by atoms with Crippen LogP contribution in [0.25, 0.3) is 0 Å². The van der Waals surface area contributed by atoms with E-state index < -0.39 is 0 Å². The van der Waals surface area contributed by atoms with Crippen LogP contribution in [0.1, 0.15) is 45.4 Å². The molecule has 0 aliphatic heterocycles. The maximum atomic E-state index is 11.7. The maximum Gasteiger partial charge on any atom is 0.188 e. The van der Waals surface area contributed by atoms with Crippen LogP contribution in [-0.2, 0) is 4.79 Å². The van der Waals surface area contributed by atoms with Gasteiger partial charge in [0.15, 0.2) is 5.12 Å². The summed E-state index contributed by atoms with van der Waals surface area (Å²) in [5, 5.41) is 0.281. The first-order valence-electron chi connectivity index (χ1n) is 5.02. The standard InChI is InChI=1S/C10H19FOS/c1-2-10(12)13-9-7-5-3-4-6-8-11/h2-9H2,1H3. The highest BCUT2D eigenvalue weighted by atomic mass is 32.2. The summed E-state index contributed by atoms with van der Waals surface area (Å²) in [5.41, 5.74) is 0. The largest absolute Gasteiger partial charge is 0.287 e. The molecule has 0 atom stereocenters. The zero-order valence-corrected chi connectivity index (χ0v) is 9.17. The molecular formula is C10H19FOS. The molecule has 0 spiro atoms. The van der Waals surface area contributed by atoms with Gasteiger partial charge in [-0.25, -0.2) is 0 Å². The second-order valence-corrected chi connectivity index (χ2v) is 4.18. The van der Waals surface area contributed by atoms with Crippen molar-refractivity contribution in [3.8, 4) is 0 Å². The van der Waals surface area contributed by atoms with Crippen molar-refractivity contribution in [1.82, 2.24) is 0 Å². The van der Waals surface area contributed by atoms with E-state index in [-0.39, 0.29) is 11.8 Å². The van der Waals surface area contributed by atoms with Gasteiger partial charge in [-0.15, -0.1) is 0 Å². The van der Waals surface area contributed by atoms with Gasteiger partial charge in [-0.3, -0.25) is 9.18 Å². The van der Waals surface area contributed by atoms with Gasteiger partial charge in [-0.1, -0.05) is 37.9 Å². The molecule has 0 fully saturated rings. The van der Waals surface area contributed by atoms with Crippen LogP contribution in [0.4, 0.5) is 4.39 Å². The summed E-state index contributed by atoms with van der Waals surface area (Å²) in [6.07, 6.45) is 5.63. The number of carbonyl (C=O) groups is 1. The maximum absolute atomic E-state index is 11.7. The van der Waals surface area contributed by atoms with E-state index in [9.17, 15) is 9.18 Å². The summed E-state index contributed by atoms with van der Waals surface area (Å²) in [6.45, 7) is 1.69. The van der Waals surface area contributed by atoms with Crippen molar-refractivity contribution in [3.05, 3.63) is 0 Å². The number of alkyl halides is 1. The summed E-state index contributed by atoms with van der Waals surface area (Å²) < 4.78 is 11.7. The van der Waals surface area contributed by atoms with Gasteiger partial charge in [0, 0.05) is 12.2 Å². The number of rotatable bonds is 8. The van der Waals surface area contributed by atoms with Gasteiger partial charge >= 0.3 is 0 Å². The molecule has 0 aliphatic rings. The Morgan fingerprint density at radius 1 is 1.15 bits per heavy atom. The predicted molar refractivity (Wildman–Crippen MR) is 56.8 cm³/mol. The fourth-order valence-corrected chi connectivity index (χ4v) is 1.80. The first kappa shape index (κ1) is 12.9. The quantitative estimate of drug-likeness (QED) is 0.565. The van der Waals surface area contributed by atoms with Crippen molar-refractivity contribution in [2.24, 2.45) is 0 Å². The van der Waals surface area contributed by atoms with E-state index in [1.165, 1.54) is 11.8 Å². The minimum Gasteiger partial charge on any atom is -0.287 e. The Balaban J connectivity index is 2.95. The molecule has 0 N–H and O–H groups in total. The summed E-state index contributed by atoms with van der Waals surface area (Å²) >= 11 is 1.43. The number of hydrogen-bond acceptors (Lipinski definition) is 2. The van der Waals surface area contributed by atoms with Gasteiger partial charge in [-0.2, -0.15) is 0 Å². The molecule has 0 amide bonds. The normalized spacial score (nSPS) is 10.3. The smallest absolute Gasteiger partial charge is 0.188 e. The molecule has 0 saturated heterocycles. The molecule has 0 rings (SSSR count). The van der Waals surface area contributed by atoms with Crippen LogP contribution in [-0.4, -0.2) is 17.5 Å². The number of halogens is 1. The lowest BCUT2D eigenvalue weighted by Gasteiger charge is -1.99. The molecule has 0 heterocycles. The fraction of sp³-hybridized carbons (Fsp3) is 0.900. The molecule has 0 aromatic rings. The van der Waals surface area contributed by atoms with E-state index in [2.05, 4.69) is 0 Å². The summed E-state index contributed by atoms with van der Waals surface area (Å²) in [7, 11) is 0. The van der Waals surface area contributed by atoms with Crippen LogP contribution in [0.5, 0.6) is 0 Å². The van der Waals surface area contributed by atoms with Crippen molar-refractivity contribution in [3.63, 3.8) is 0 Å². The SMILES string of the molecule is CCC(=O)SCCCCCCCF. The Morgan fingerprint density at radius 2 is 1.77 bits per heavy atom. The molecule has 0 saturated carbocycles. The highest BCUT2D eigenvalue weighted by Crippen LogP contribution is 2.10. The Morgan fingerprint density at radius 3 is 2.38 bits per heavy atom. The van der Waals surface area contributed by atoms with Gasteiger partial charge in [-0.05, 0) is 12.8 Å². The van der Waals surface area contributed by atoms with E-state index in [1.54, 1.807) is 0 Å². The molecule has 0 aromatic heterocycles. The van der Waals surface area contributed by atoms with Gasteiger partial charge in [0.25, 0.3) is 0 Å². The molecule has 0 aliphatic carbocycles. The molecule has 0 radical (unpaired) electrons. The molecule has 3 heteroatoms. The van der Waals surface area contributed by atoms with Crippen LogP contribution < -0.4 is 0 Å². The van der Waals surface area contributed by atoms with E-state index in [0.717, 1.165) is 31.4 Å². The fourth-order valence-electron chi connectivity index (χ4n) is 1.01. The van der Waals surface area contributed by atoms with Crippen molar-refractivity contribution >= 4 is 16.9 Å². The Labute approximate surface area is 84.5 Å². The zero-order valence-electron chi connectivity index (χ0n) is 8.35. The number of thioether (sulfide) groups is 1. The second-order valence-electron chi connectivity index (χ2n) is 3.03. The third-order valence-electron chi connectivity index (χ3n) is 1.83. The molecule has 1 nitrogen and oxygen atoms in total. The third-order valence-corrected chi connectivity index (χ3v) is 2.93. The summed E-state index contributed by atoms with van der Waals surface area (Å²) in [4.78, 5) is 10.9.